The van der Waals surface area contributed by atoms with Crippen molar-refractivity contribution >= 4 is 5.97 Å². The third-order valence-electron chi connectivity index (χ3n) is 5.77. The maximum absolute atomic E-state index is 11.8. The number of unbranched alkanes of at least 4 members (excludes halogenated alkanes) is 14. The van der Waals surface area contributed by atoms with Crippen LogP contribution in [0.1, 0.15) is 135 Å². The Kier molecular flexibility index (Phi) is 27.5. The van der Waals surface area contributed by atoms with Crippen LogP contribution < -0.4 is 0 Å². The van der Waals surface area contributed by atoms with E-state index in [1.165, 1.54) is 57.8 Å². The zero-order chi connectivity index (χ0) is 25.7. The molecule has 0 saturated carbocycles. The van der Waals surface area contributed by atoms with Gasteiger partial charge in [-0.05, 0) is 50.4 Å². The molecule has 0 aromatic rings. The van der Waals surface area contributed by atoms with E-state index < -0.39 is 6.29 Å². The standard InChI is InChI=1S/C30H52O5/c1-2-3-4-5-6-7-8-11-14-17-20-25-30(33)35-28-22-19-16-13-10-9-12-15-18-21-26-34-27-23-24-29(31)32/h29,31-32H,2-8,11,14-28H2,1H3. The highest BCUT2D eigenvalue weighted by molar-refractivity contribution is 5.69. The number of carbonyl (C=O) groups is 1. The summed E-state index contributed by atoms with van der Waals surface area (Å²) in [6, 6.07) is 0. The summed E-state index contributed by atoms with van der Waals surface area (Å²) < 4.78 is 10.7. The van der Waals surface area contributed by atoms with Gasteiger partial charge in [-0.15, -0.1) is 0 Å². The molecule has 202 valence electrons. The lowest BCUT2D eigenvalue weighted by Gasteiger charge is -2.04. The molecule has 0 saturated heterocycles. The highest BCUT2D eigenvalue weighted by Gasteiger charge is 2.02. The van der Waals surface area contributed by atoms with Crippen molar-refractivity contribution in [1.29, 1.82) is 0 Å². The second-order valence-electron chi connectivity index (χ2n) is 9.26. The Morgan fingerprint density at radius 3 is 1.74 bits per heavy atom. The minimum atomic E-state index is -1.23. The van der Waals surface area contributed by atoms with E-state index in [-0.39, 0.29) is 5.97 Å². The van der Waals surface area contributed by atoms with Crippen molar-refractivity contribution in [2.24, 2.45) is 0 Å². The van der Waals surface area contributed by atoms with Gasteiger partial charge in [-0.2, -0.15) is 0 Å². The van der Waals surface area contributed by atoms with Crippen LogP contribution in [0.25, 0.3) is 0 Å². The molecule has 0 atom stereocenters. The third-order valence-corrected chi connectivity index (χ3v) is 5.77. The Morgan fingerprint density at radius 1 is 0.657 bits per heavy atom. The van der Waals surface area contributed by atoms with Gasteiger partial charge in [0.2, 0.25) is 0 Å². The van der Waals surface area contributed by atoms with E-state index in [2.05, 4.69) is 30.6 Å². The molecule has 0 spiro atoms. The summed E-state index contributed by atoms with van der Waals surface area (Å²) in [6.45, 7) is 3.99. The molecule has 5 heteroatoms. The molecule has 0 fully saturated rings. The highest BCUT2D eigenvalue weighted by Crippen LogP contribution is 2.12. The van der Waals surface area contributed by atoms with Gasteiger partial charge in [0.25, 0.3) is 0 Å². The summed E-state index contributed by atoms with van der Waals surface area (Å²) in [5.41, 5.74) is 0. The van der Waals surface area contributed by atoms with Gasteiger partial charge in [0.1, 0.15) is 0 Å². The summed E-state index contributed by atoms with van der Waals surface area (Å²) >= 11 is 0. The van der Waals surface area contributed by atoms with Crippen LogP contribution in [0.15, 0.2) is 0 Å². The monoisotopic (exact) mass is 492 g/mol. The van der Waals surface area contributed by atoms with Crippen LogP contribution in [0, 0.1) is 23.7 Å². The minimum Gasteiger partial charge on any atom is -0.466 e. The lowest BCUT2D eigenvalue weighted by molar-refractivity contribution is -0.143. The topological polar surface area (TPSA) is 76.0 Å². The van der Waals surface area contributed by atoms with Gasteiger partial charge < -0.3 is 19.7 Å². The fraction of sp³-hybridized carbons (Fsp3) is 0.833. The van der Waals surface area contributed by atoms with Gasteiger partial charge in [-0.1, -0.05) is 83.0 Å². The van der Waals surface area contributed by atoms with Crippen molar-refractivity contribution in [1.82, 2.24) is 0 Å². The predicted molar refractivity (Wildman–Crippen MR) is 144 cm³/mol. The maximum atomic E-state index is 11.8. The number of aliphatic hydroxyl groups excluding tert-OH is 1. The van der Waals surface area contributed by atoms with Crippen molar-refractivity contribution in [2.75, 3.05) is 19.8 Å². The van der Waals surface area contributed by atoms with E-state index in [9.17, 15) is 4.79 Å². The van der Waals surface area contributed by atoms with Crippen LogP contribution in [-0.2, 0) is 14.3 Å². The van der Waals surface area contributed by atoms with Gasteiger partial charge >= 0.3 is 5.97 Å². The summed E-state index contributed by atoms with van der Waals surface area (Å²) in [5, 5.41) is 17.4. The number of aliphatic hydroxyl groups is 2. The summed E-state index contributed by atoms with van der Waals surface area (Å²) in [6.07, 6.45) is 19.8. The van der Waals surface area contributed by atoms with Gasteiger partial charge in [0.05, 0.1) is 6.61 Å². The first-order valence-corrected chi connectivity index (χ1v) is 14.2. The average molecular weight is 493 g/mol. The number of hydrogen-bond acceptors (Lipinski definition) is 5. The van der Waals surface area contributed by atoms with Gasteiger partial charge in [0, 0.05) is 38.9 Å². The van der Waals surface area contributed by atoms with Gasteiger partial charge in [0.15, 0.2) is 6.29 Å². The summed E-state index contributed by atoms with van der Waals surface area (Å²) in [5.74, 6) is 11.8. The van der Waals surface area contributed by atoms with Crippen LogP contribution in [0.3, 0.4) is 0 Å². The number of ether oxygens (including phenoxy) is 2. The molecule has 5 nitrogen and oxygen atoms in total. The number of carbonyl (C=O) groups excluding carboxylic acids is 1. The molecule has 0 bridgehead atoms. The second kappa shape index (κ2) is 28.7. The van der Waals surface area contributed by atoms with E-state index in [1.807, 2.05) is 0 Å². The molecule has 0 radical (unpaired) electrons. The zero-order valence-corrected chi connectivity index (χ0v) is 22.5. The lowest BCUT2D eigenvalue weighted by Crippen LogP contribution is -2.06. The van der Waals surface area contributed by atoms with Crippen molar-refractivity contribution < 1.29 is 24.5 Å². The number of esters is 1. The van der Waals surface area contributed by atoms with E-state index in [0.29, 0.717) is 39.1 Å². The van der Waals surface area contributed by atoms with Crippen LogP contribution >= 0.6 is 0 Å². The van der Waals surface area contributed by atoms with Crippen LogP contribution in [-0.4, -0.2) is 42.3 Å². The molecular weight excluding hydrogens is 440 g/mol. The normalized spacial score (nSPS) is 10.5. The van der Waals surface area contributed by atoms with E-state index in [1.54, 1.807) is 0 Å². The number of hydrogen-bond donors (Lipinski definition) is 2. The highest BCUT2D eigenvalue weighted by atomic mass is 16.5. The van der Waals surface area contributed by atoms with Gasteiger partial charge in [-0.25, -0.2) is 0 Å². The maximum Gasteiger partial charge on any atom is 0.305 e. The average Bonchev–Trinajstić information content (AvgIpc) is 2.84. The lowest BCUT2D eigenvalue weighted by atomic mass is 10.1. The van der Waals surface area contributed by atoms with Crippen molar-refractivity contribution in [3.05, 3.63) is 0 Å². The predicted octanol–water partition coefficient (Wildman–Crippen LogP) is 6.69. The molecule has 0 aliphatic rings. The third kappa shape index (κ3) is 30.4. The molecule has 0 aromatic heterocycles. The van der Waals surface area contributed by atoms with Crippen molar-refractivity contribution in [3.63, 3.8) is 0 Å². The van der Waals surface area contributed by atoms with E-state index >= 15 is 0 Å². The zero-order valence-electron chi connectivity index (χ0n) is 22.5. The molecular formula is C30H52O5. The molecule has 0 unspecified atom stereocenters. The molecule has 0 rings (SSSR count). The Morgan fingerprint density at radius 2 is 1.17 bits per heavy atom. The van der Waals surface area contributed by atoms with Crippen molar-refractivity contribution in [3.8, 4) is 23.7 Å². The Balaban J connectivity index is 3.34. The van der Waals surface area contributed by atoms with Gasteiger partial charge in [-0.3, -0.25) is 4.79 Å². The van der Waals surface area contributed by atoms with Crippen LogP contribution in [0.5, 0.6) is 0 Å². The quantitative estimate of drug-likeness (QED) is 0.0680. The summed E-state index contributed by atoms with van der Waals surface area (Å²) in [4.78, 5) is 11.8. The van der Waals surface area contributed by atoms with Crippen molar-refractivity contribution in [2.45, 2.75) is 142 Å². The molecule has 0 amide bonds. The first-order valence-electron chi connectivity index (χ1n) is 14.2. The largest absolute Gasteiger partial charge is 0.466 e. The summed E-state index contributed by atoms with van der Waals surface area (Å²) in [7, 11) is 0. The smallest absolute Gasteiger partial charge is 0.305 e. The first-order chi connectivity index (χ1) is 17.2. The van der Waals surface area contributed by atoms with Crippen LogP contribution in [0.2, 0.25) is 0 Å². The fourth-order valence-corrected chi connectivity index (χ4v) is 3.61. The molecule has 0 aliphatic carbocycles. The second-order valence-corrected chi connectivity index (χ2v) is 9.26. The van der Waals surface area contributed by atoms with E-state index in [0.717, 1.165) is 51.4 Å². The Hall–Kier alpha value is -1.53. The number of rotatable bonds is 24. The Labute approximate surface area is 215 Å². The molecule has 0 aromatic carbocycles. The SMILES string of the molecule is CCCCCCCCCCCCCC(=O)OCCCCC#CC#CCCCCOCCCC(O)O. The molecule has 0 heterocycles. The molecule has 2 N–H and O–H groups in total. The first kappa shape index (κ1) is 33.5. The van der Waals surface area contributed by atoms with E-state index in [4.69, 9.17) is 19.7 Å². The molecule has 35 heavy (non-hydrogen) atoms. The Bertz CT molecular complexity index is 579. The molecule has 0 aliphatic heterocycles. The minimum absolute atomic E-state index is 0.0627. The van der Waals surface area contributed by atoms with Crippen LogP contribution in [0.4, 0.5) is 0 Å². The fourth-order valence-electron chi connectivity index (χ4n) is 3.61.